The summed E-state index contributed by atoms with van der Waals surface area (Å²) in [7, 11) is -4.41. The second-order valence-corrected chi connectivity index (χ2v) is 20.2. The summed E-state index contributed by atoms with van der Waals surface area (Å²) in [5.41, 5.74) is 5.74. The highest BCUT2D eigenvalue weighted by molar-refractivity contribution is 6.84. The van der Waals surface area contributed by atoms with Gasteiger partial charge in [0.1, 0.15) is 24.1 Å². The van der Waals surface area contributed by atoms with Crippen molar-refractivity contribution < 1.29 is 32.0 Å². The van der Waals surface area contributed by atoms with Gasteiger partial charge in [0.25, 0.3) is 0 Å². The monoisotopic (exact) mass is 571 g/mol. The number of methoxy groups -OCH3 is 1. The normalized spacial score (nSPS) is 27.0. The summed E-state index contributed by atoms with van der Waals surface area (Å²) < 4.78 is 40.1. The molecule has 0 saturated carbocycles. The zero-order valence-corrected chi connectivity index (χ0v) is 26.1. The number of aromatic nitrogens is 2. The van der Waals surface area contributed by atoms with Gasteiger partial charge in [-0.1, -0.05) is 55.4 Å². The number of nitrogens with two attached hydrogens (primary N) is 1. The average Bonchev–Trinajstić information content (AvgIpc) is 3.14. The van der Waals surface area contributed by atoms with Crippen LogP contribution in [0, 0.1) is 0 Å². The number of fused-ring (bicyclic) bond motifs is 1. The number of esters is 1. The molecule has 0 amide bonds. The molecule has 1 aromatic rings. The van der Waals surface area contributed by atoms with Crippen molar-refractivity contribution in [1.29, 1.82) is 0 Å². The van der Waals surface area contributed by atoms with E-state index in [9.17, 15) is 9.59 Å². The zero-order chi connectivity index (χ0) is 28.4. The molecule has 2 saturated heterocycles. The van der Waals surface area contributed by atoms with E-state index in [-0.39, 0.29) is 47.6 Å². The van der Waals surface area contributed by atoms with Crippen molar-refractivity contribution in [3.63, 3.8) is 0 Å². The van der Waals surface area contributed by atoms with Crippen LogP contribution in [0.5, 0.6) is 0 Å². The van der Waals surface area contributed by atoms with Crippen molar-refractivity contribution in [2.75, 3.05) is 26.1 Å². The van der Waals surface area contributed by atoms with E-state index < -0.39 is 53.3 Å². The summed E-state index contributed by atoms with van der Waals surface area (Å²) in [4.78, 5) is 28.5. The van der Waals surface area contributed by atoms with Gasteiger partial charge in [0.2, 0.25) is 0 Å². The molecule has 0 aromatic carbocycles. The zero-order valence-electron chi connectivity index (χ0n) is 24.1. The number of ether oxygens (including phenoxy) is 3. The van der Waals surface area contributed by atoms with Crippen LogP contribution in [0.1, 0.15) is 68.0 Å². The Bertz CT molecular complexity index is 1000. The van der Waals surface area contributed by atoms with Gasteiger partial charge in [-0.25, -0.2) is 4.79 Å². The Morgan fingerprint density at radius 1 is 1.11 bits per heavy atom. The molecule has 0 radical (unpaired) electrons. The van der Waals surface area contributed by atoms with Crippen LogP contribution in [-0.4, -0.2) is 71.3 Å². The second kappa shape index (κ2) is 12.3. The first-order valence-electron chi connectivity index (χ1n) is 13.5. The molecule has 0 spiro atoms. The fraction of sp³-hybridized carbons (Fsp3) is 0.800. The molecule has 2 fully saturated rings. The van der Waals surface area contributed by atoms with Crippen molar-refractivity contribution in [3.05, 3.63) is 22.7 Å². The van der Waals surface area contributed by atoms with Crippen molar-refractivity contribution in [1.82, 2.24) is 9.55 Å². The molecule has 0 aliphatic carbocycles. The van der Waals surface area contributed by atoms with E-state index in [4.69, 9.17) is 32.9 Å². The van der Waals surface area contributed by atoms with Crippen LogP contribution < -0.4 is 11.4 Å². The molecule has 2 aliphatic heterocycles. The van der Waals surface area contributed by atoms with Crippen LogP contribution in [-0.2, 0) is 32.0 Å². The molecule has 3 heterocycles. The van der Waals surface area contributed by atoms with Gasteiger partial charge in [0, 0.05) is 6.20 Å². The Morgan fingerprint density at radius 3 is 2.24 bits per heavy atom. The summed E-state index contributed by atoms with van der Waals surface area (Å²) in [5, 5.41) is 0. The molecule has 2 N–H and O–H groups in total. The molecule has 0 unspecified atom stereocenters. The van der Waals surface area contributed by atoms with Crippen molar-refractivity contribution >= 4 is 28.9 Å². The minimum Gasteiger partial charge on any atom is -0.469 e. The second-order valence-electron chi connectivity index (χ2n) is 11.3. The summed E-state index contributed by atoms with van der Waals surface area (Å²) in [6.45, 7) is 17.5. The maximum absolute atomic E-state index is 12.8. The molecule has 1 aromatic heterocycles. The highest BCUT2D eigenvalue weighted by atomic mass is 28.5. The lowest BCUT2D eigenvalue weighted by Gasteiger charge is -2.51. The Balaban J connectivity index is 2.10. The maximum atomic E-state index is 12.8. The van der Waals surface area contributed by atoms with E-state index in [0.717, 1.165) is 0 Å². The summed E-state index contributed by atoms with van der Waals surface area (Å²) in [6.07, 6.45) is -1.11. The van der Waals surface area contributed by atoms with Crippen LogP contribution in [0.3, 0.4) is 0 Å². The third kappa shape index (κ3) is 5.93. The van der Waals surface area contributed by atoms with E-state index in [2.05, 4.69) is 60.4 Å². The number of anilines is 1. The Hall–Kier alpha value is -1.62. The molecule has 4 atom stereocenters. The van der Waals surface area contributed by atoms with Crippen LogP contribution >= 0.6 is 0 Å². The van der Waals surface area contributed by atoms with Gasteiger partial charge in [-0.05, 0) is 28.2 Å². The standard InChI is InChI=1S/C25H45N3O8Si2/c1-15(2)37(16(3)4)33-14-19-22(35-38(36-37,17(5)6)18(7)8)23(32-13-11-21(29)31-9)24(34-19)28-12-10-20(26)27-25(28)30/h10,12,15-19,22-24H,11,13-14H2,1-9H3,(H2,26,27,30)/t19-,22-,23-,24-/m1/s1. The van der Waals surface area contributed by atoms with E-state index in [1.54, 1.807) is 6.20 Å². The molecule has 11 nitrogen and oxygen atoms in total. The lowest BCUT2D eigenvalue weighted by Crippen LogP contribution is -2.66. The lowest BCUT2D eigenvalue weighted by atomic mass is 10.1. The number of hydrogen-bond donors (Lipinski definition) is 1. The SMILES string of the molecule is COC(=O)CCO[C@@H]1[C@@H]2O[Si](C(C)C)(C(C)C)O[Si](C(C)C)(C(C)C)OC[C@H]2O[C@H]1n1ccc(N)nc1=O. The third-order valence-corrected chi connectivity index (χ3v) is 17.8. The van der Waals surface area contributed by atoms with Gasteiger partial charge < -0.3 is 32.9 Å². The van der Waals surface area contributed by atoms with E-state index in [0.29, 0.717) is 0 Å². The number of nitrogen functional groups attached to an aromatic ring is 1. The van der Waals surface area contributed by atoms with Gasteiger partial charge in [-0.3, -0.25) is 9.36 Å². The largest absolute Gasteiger partial charge is 0.469 e. The number of rotatable bonds is 9. The van der Waals surface area contributed by atoms with Gasteiger partial charge in [0.05, 0.1) is 26.7 Å². The number of hydrogen-bond acceptors (Lipinski definition) is 10. The molecule has 3 rings (SSSR count). The molecule has 216 valence electrons. The lowest BCUT2D eigenvalue weighted by molar-refractivity contribution is -0.143. The Kier molecular flexibility index (Phi) is 9.99. The number of nitrogens with zero attached hydrogens (tertiary/aromatic N) is 2. The van der Waals surface area contributed by atoms with E-state index in [1.165, 1.54) is 17.7 Å². The fourth-order valence-electron chi connectivity index (χ4n) is 5.52. The van der Waals surface area contributed by atoms with E-state index >= 15 is 0 Å². The van der Waals surface area contributed by atoms with E-state index in [1.807, 2.05) is 0 Å². The molecule has 38 heavy (non-hydrogen) atoms. The van der Waals surface area contributed by atoms with Gasteiger partial charge in [0.15, 0.2) is 6.23 Å². The van der Waals surface area contributed by atoms with Crippen LogP contribution in [0.25, 0.3) is 0 Å². The summed E-state index contributed by atoms with van der Waals surface area (Å²) in [5.74, 6) is -0.284. The highest BCUT2D eigenvalue weighted by Crippen LogP contribution is 2.48. The minimum atomic E-state index is -2.97. The molecule has 2 aliphatic rings. The van der Waals surface area contributed by atoms with Gasteiger partial charge in [-0.15, -0.1) is 0 Å². The smallest absolute Gasteiger partial charge is 0.351 e. The Morgan fingerprint density at radius 2 is 1.71 bits per heavy atom. The van der Waals surface area contributed by atoms with Crippen LogP contribution in [0.15, 0.2) is 17.1 Å². The number of carbonyl (C=O) groups excluding carboxylic acids is 1. The maximum Gasteiger partial charge on any atom is 0.351 e. The van der Waals surface area contributed by atoms with Crippen molar-refractivity contribution in [2.24, 2.45) is 0 Å². The van der Waals surface area contributed by atoms with Crippen molar-refractivity contribution in [3.8, 4) is 0 Å². The molecule has 13 heteroatoms. The first-order chi connectivity index (χ1) is 17.8. The predicted molar refractivity (Wildman–Crippen MR) is 147 cm³/mol. The Labute approximate surface area is 227 Å². The molecule has 0 bridgehead atoms. The highest BCUT2D eigenvalue weighted by Gasteiger charge is 2.62. The first kappa shape index (κ1) is 30.9. The topological polar surface area (TPSA) is 133 Å². The summed E-state index contributed by atoms with van der Waals surface area (Å²) in [6, 6.07) is 1.54. The predicted octanol–water partition coefficient (Wildman–Crippen LogP) is 3.63. The van der Waals surface area contributed by atoms with Gasteiger partial charge in [-0.2, -0.15) is 4.98 Å². The third-order valence-electron chi connectivity index (χ3n) is 7.59. The van der Waals surface area contributed by atoms with Gasteiger partial charge >= 0.3 is 28.8 Å². The number of carbonyl (C=O) groups is 1. The molecular weight excluding hydrogens is 526 g/mol. The van der Waals surface area contributed by atoms with Crippen LogP contribution in [0.4, 0.5) is 5.82 Å². The van der Waals surface area contributed by atoms with Crippen molar-refractivity contribution in [2.45, 2.75) is 109 Å². The molecular formula is C25H45N3O8Si2. The quantitative estimate of drug-likeness (QED) is 0.346. The van der Waals surface area contributed by atoms with Crippen LogP contribution in [0.2, 0.25) is 22.2 Å². The first-order valence-corrected chi connectivity index (χ1v) is 17.4. The summed E-state index contributed by atoms with van der Waals surface area (Å²) >= 11 is 0. The minimum absolute atomic E-state index is 0.0483. The fourth-order valence-corrected chi connectivity index (χ4v) is 16.7. The average molecular weight is 572 g/mol.